The lowest BCUT2D eigenvalue weighted by Gasteiger charge is -2.30. The highest BCUT2D eigenvalue weighted by atomic mass is 16.3. The van der Waals surface area contributed by atoms with Crippen LogP contribution in [0.3, 0.4) is 0 Å². The Labute approximate surface area is 141 Å². The molecule has 2 N–H and O–H groups in total. The first-order valence-electron chi connectivity index (χ1n) is 8.53. The number of likely N-dealkylation sites (tertiary alicyclic amines) is 1. The SMILES string of the molecule is Cc1n[nH]c(C)c1[C@@H]1CCCCCN1C(=O)NCc1ncoc1C. The van der Waals surface area contributed by atoms with Crippen molar-refractivity contribution in [3.05, 3.63) is 34.8 Å². The zero-order valence-corrected chi connectivity index (χ0v) is 14.6. The molecule has 7 nitrogen and oxygen atoms in total. The van der Waals surface area contributed by atoms with Crippen LogP contribution in [-0.2, 0) is 6.54 Å². The van der Waals surface area contributed by atoms with Crippen LogP contribution in [0.1, 0.15) is 60.1 Å². The molecule has 0 bridgehead atoms. The first kappa shape index (κ1) is 16.5. The molecule has 2 amide bonds. The normalized spacial score (nSPS) is 18.5. The smallest absolute Gasteiger partial charge is 0.318 e. The largest absolute Gasteiger partial charge is 0.448 e. The molecule has 24 heavy (non-hydrogen) atoms. The summed E-state index contributed by atoms with van der Waals surface area (Å²) in [5, 5.41) is 10.3. The highest BCUT2D eigenvalue weighted by Gasteiger charge is 2.30. The predicted molar refractivity (Wildman–Crippen MR) is 89.5 cm³/mol. The van der Waals surface area contributed by atoms with E-state index in [-0.39, 0.29) is 12.1 Å². The quantitative estimate of drug-likeness (QED) is 0.904. The van der Waals surface area contributed by atoms with Crippen LogP contribution in [0.2, 0.25) is 0 Å². The van der Waals surface area contributed by atoms with Gasteiger partial charge in [-0.05, 0) is 33.6 Å². The fourth-order valence-corrected chi connectivity index (χ4v) is 3.46. The van der Waals surface area contributed by atoms with E-state index in [0.29, 0.717) is 6.54 Å². The molecule has 1 aliphatic heterocycles. The molecule has 3 heterocycles. The molecule has 1 aliphatic rings. The van der Waals surface area contributed by atoms with Crippen LogP contribution in [0.5, 0.6) is 0 Å². The molecule has 2 aromatic heterocycles. The van der Waals surface area contributed by atoms with Crippen molar-refractivity contribution in [2.75, 3.05) is 6.54 Å². The van der Waals surface area contributed by atoms with E-state index in [1.165, 1.54) is 6.39 Å². The molecule has 0 radical (unpaired) electrons. The van der Waals surface area contributed by atoms with E-state index in [4.69, 9.17) is 4.42 Å². The van der Waals surface area contributed by atoms with Crippen LogP contribution < -0.4 is 5.32 Å². The number of aromatic nitrogens is 3. The van der Waals surface area contributed by atoms with Gasteiger partial charge in [0, 0.05) is 17.8 Å². The van der Waals surface area contributed by atoms with Gasteiger partial charge in [0.05, 0.1) is 18.3 Å². The fraction of sp³-hybridized carbons (Fsp3) is 0.588. The van der Waals surface area contributed by atoms with Gasteiger partial charge in [0.25, 0.3) is 0 Å². The second-order valence-corrected chi connectivity index (χ2v) is 6.42. The second-order valence-electron chi connectivity index (χ2n) is 6.42. The van der Waals surface area contributed by atoms with Crippen molar-refractivity contribution in [1.82, 2.24) is 25.4 Å². The van der Waals surface area contributed by atoms with Gasteiger partial charge in [0.15, 0.2) is 6.39 Å². The van der Waals surface area contributed by atoms with Gasteiger partial charge in [-0.1, -0.05) is 12.8 Å². The van der Waals surface area contributed by atoms with Gasteiger partial charge in [0.1, 0.15) is 11.5 Å². The molecule has 130 valence electrons. The monoisotopic (exact) mass is 331 g/mol. The van der Waals surface area contributed by atoms with Crippen LogP contribution in [-0.4, -0.2) is 32.7 Å². The van der Waals surface area contributed by atoms with E-state index < -0.39 is 0 Å². The molecule has 3 rings (SSSR count). The summed E-state index contributed by atoms with van der Waals surface area (Å²) in [6.45, 7) is 7.02. The summed E-state index contributed by atoms with van der Waals surface area (Å²) in [6.07, 6.45) is 5.68. The van der Waals surface area contributed by atoms with Gasteiger partial charge in [0.2, 0.25) is 0 Å². The molecule has 1 atom stereocenters. The average molecular weight is 331 g/mol. The van der Waals surface area contributed by atoms with Crippen molar-refractivity contribution in [3.63, 3.8) is 0 Å². The van der Waals surface area contributed by atoms with Crippen LogP contribution in [0, 0.1) is 20.8 Å². The first-order chi connectivity index (χ1) is 11.6. The third-order valence-corrected chi connectivity index (χ3v) is 4.78. The lowest BCUT2D eigenvalue weighted by molar-refractivity contribution is 0.175. The van der Waals surface area contributed by atoms with Crippen LogP contribution in [0.25, 0.3) is 0 Å². The van der Waals surface area contributed by atoms with Gasteiger partial charge >= 0.3 is 6.03 Å². The van der Waals surface area contributed by atoms with Crippen molar-refractivity contribution in [2.45, 2.75) is 59.0 Å². The van der Waals surface area contributed by atoms with Gasteiger partial charge in [-0.2, -0.15) is 5.10 Å². The number of rotatable bonds is 3. The summed E-state index contributed by atoms with van der Waals surface area (Å²) in [4.78, 5) is 18.9. The number of carbonyl (C=O) groups is 1. The van der Waals surface area contributed by atoms with Crippen LogP contribution >= 0.6 is 0 Å². The summed E-state index contributed by atoms with van der Waals surface area (Å²) < 4.78 is 5.19. The number of oxazole rings is 1. The maximum absolute atomic E-state index is 12.8. The van der Waals surface area contributed by atoms with E-state index >= 15 is 0 Å². The highest BCUT2D eigenvalue weighted by Crippen LogP contribution is 2.33. The summed E-state index contributed by atoms with van der Waals surface area (Å²) in [5.41, 5.74) is 3.95. The van der Waals surface area contributed by atoms with E-state index in [0.717, 1.165) is 60.6 Å². The van der Waals surface area contributed by atoms with E-state index in [2.05, 4.69) is 20.5 Å². The number of carbonyl (C=O) groups excluding carboxylic acids is 1. The summed E-state index contributed by atoms with van der Waals surface area (Å²) >= 11 is 0. The Bertz CT molecular complexity index is 686. The minimum Gasteiger partial charge on any atom is -0.448 e. The lowest BCUT2D eigenvalue weighted by Crippen LogP contribution is -2.42. The second kappa shape index (κ2) is 7.07. The topological polar surface area (TPSA) is 87.0 Å². The third-order valence-electron chi connectivity index (χ3n) is 4.78. The van der Waals surface area contributed by atoms with Gasteiger partial charge < -0.3 is 14.6 Å². The predicted octanol–water partition coefficient (Wildman–Crippen LogP) is 3.15. The number of amides is 2. The zero-order valence-electron chi connectivity index (χ0n) is 14.6. The Balaban J connectivity index is 1.77. The van der Waals surface area contributed by atoms with Crippen molar-refractivity contribution < 1.29 is 9.21 Å². The summed E-state index contributed by atoms with van der Waals surface area (Å²) in [7, 11) is 0. The number of hydrogen-bond donors (Lipinski definition) is 2. The molecule has 0 spiro atoms. The third kappa shape index (κ3) is 3.29. The molecule has 0 aromatic carbocycles. The number of H-pyrrole nitrogens is 1. The van der Waals surface area contributed by atoms with Gasteiger partial charge in [-0.25, -0.2) is 9.78 Å². The Kier molecular flexibility index (Phi) is 4.87. The maximum Gasteiger partial charge on any atom is 0.318 e. The van der Waals surface area contributed by atoms with Crippen molar-refractivity contribution in [1.29, 1.82) is 0 Å². The number of nitrogens with one attached hydrogen (secondary N) is 2. The van der Waals surface area contributed by atoms with E-state index in [1.807, 2.05) is 25.7 Å². The number of nitrogens with zero attached hydrogens (tertiary/aromatic N) is 3. The molecule has 1 fully saturated rings. The molecule has 7 heteroatoms. The van der Waals surface area contributed by atoms with Crippen molar-refractivity contribution >= 4 is 6.03 Å². The number of urea groups is 1. The van der Waals surface area contributed by atoms with E-state index in [9.17, 15) is 4.79 Å². The first-order valence-corrected chi connectivity index (χ1v) is 8.53. The number of hydrogen-bond acceptors (Lipinski definition) is 4. The molecule has 0 saturated carbocycles. The van der Waals surface area contributed by atoms with Crippen molar-refractivity contribution in [3.8, 4) is 0 Å². The molecule has 0 aliphatic carbocycles. The highest BCUT2D eigenvalue weighted by molar-refractivity contribution is 5.75. The van der Waals surface area contributed by atoms with Crippen LogP contribution in [0.4, 0.5) is 4.79 Å². The van der Waals surface area contributed by atoms with Crippen LogP contribution in [0.15, 0.2) is 10.8 Å². The van der Waals surface area contributed by atoms with E-state index in [1.54, 1.807) is 0 Å². The Morgan fingerprint density at radius 3 is 2.88 bits per heavy atom. The maximum atomic E-state index is 12.8. The standard InChI is InChI=1S/C17H25N5O2/c1-11-16(12(2)21-20-11)15-7-5-4-6-8-22(15)17(23)18-9-14-13(3)24-10-19-14/h10,15H,4-9H2,1-3H3,(H,18,23)(H,20,21)/t15-/m0/s1. The van der Waals surface area contributed by atoms with Gasteiger partial charge in [-0.3, -0.25) is 5.10 Å². The Morgan fingerprint density at radius 2 is 2.21 bits per heavy atom. The number of aromatic amines is 1. The summed E-state index contributed by atoms with van der Waals surface area (Å²) in [6, 6.07) is 0.0222. The molecule has 2 aromatic rings. The molecular weight excluding hydrogens is 306 g/mol. The minimum atomic E-state index is -0.0516. The van der Waals surface area contributed by atoms with Gasteiger partial charge in [-0.15, -0.1) is 0 Å². The molecular formula is C17H25N5O2. The molecule has 0 unspecified atom stereocenters. The Hall–Kier alpha value is -2.31. The minimum absolute atomic E-state index is 0.0516. The van der Waals surface area contributed by atoms with Crippen molar-refractivity contribution in [2.24, 2.45) is 0 Å². The number of aryl methyl sites for hydroxylation is 3. The zero-order chi connectivity index (χ0) is 17.1. The average Bonchev–Trinajstić information content (AvgIpc) is 3.02. The lowest BCUT2D eigenvalue weighted by atomic mass is 9.99. The fourth-order valence-electron chi connectivity index (χ4n) is 3.46. The Morgan fingerprint density at radius 1 is 1.38 bits per heavy atom. The summed E-state index contributed by atoms with van der Waals surface area (Å²) in [5.74, 6) is 0.740. The molecule has 1 saturated heterocycles.